The first kappa shape index (κ1) is 79.3. The maximum absolute atomic E-state index is 5.30. The SMILES string of the molecule is CC.CC.CC.CC.CC.CC.CC.CC.c1ccc2c(c1)CCO2.c1ccc2c(c1)NCCN2.c1ccc2c(c1)NCN2.c1ccc2c(c1)NCO2.c1ccc2c(c1)NCO2.c1ccc2c(c1)NCS2.c1ccc2c(c1)OCCO2.c1ccc2c(c1)OCO2. The number of benzene rings is 8. The first-order valence-corrected chi connectivity index (χ1v) is 33.6. The van der Waals surface area contributed by atoms with E-state index in [0.29, 0.717) is 33.5 Å². The van der Waals surface area contributed by atoms with Crippen molar-refractivity contribution in [2.24, 2.45) is 0 Å². The van der Waals surface area contributed by atoms with Gasteiger partial charge in [0.1, 0.15) is 30.5 Å². The lowest BCUT2D eigenvalue weighted by molar-refractivity contribution is 0.171. The fourth-order valence-corrected chi connectivity index (χ4v) is 8.82. The Kier molecular flexibility index (Phi) is 47.0. The van der Waals surface area contributed by atoms with Crippen molar-refractivity contribution in [1.29, 1.82) is 0 Å². The van der Waals surface area contributed by atoms with Gasteiger partial charge in [-0.25, -0.2) is 0 Å². The number of anilines is 7. The third-order valence-electron chi connectivity index (χ3n) is 11.6. The Morgan fingerprint density at radius 2 is 0.589 bits per heavy atom. The van der Waals surface area contributed by atoms with Crippen LogP contribution in [0.3, 0.4) is 0 Å². The molecule has 90 heavy (non-hydrogen) atoms. The van der Waals surface area contributed by atoms with Crippen molar-refractivity contribution in [2.75, 3.05) is 103 Å². The topological polar surface area (TPSA) is 149 Å². The lowest BCUT2D eigenvalue weighted by Crippen LogP contribution is -2.19. The molecule has 0 aliphatic carbocycles. The fourth-order valence-electron chi connectivity index (χ4n) is 7.96. The maximum atomic E-state index is 5.30. The van der Waals surface area contributed by atoms with Crippen LogP contribution in [0.15, 0.2) is 199 Å². The predicted octanol–water partition coefficient (Wildman–Crippen LogP) is 20.8. The van der Waals surface area contributed by atoms with Crippen LogP contribution in [-0.4, -0.2) is 65.7 Å². The summed E-state index contributed by atoms with van der Waals surface area (Å²) in [5, 5.41) is 22.4. The van der Waals surface area contributed by atoms with E-state index in [2.05, 4.69) is 91.8 Å². The van der Waals surface area contributed by atoms with Crippen LogP contribution in [0.2, 0.25) is 0 Å². The Labute approximate surface area is 546 Å². The van der Waals surface area contributed by atoms with Gasteiger partial charge in [-0.2, -0.15) is 0 Å². The summed E-state index contributed by atoms with van der Waals surface area (Å²) in [6.07, 6.45) is 1.08. The molecule has 8 aliphatic heterocycles. The molecule has 492 valence electrons. The molecule has 0 spiro atoms. The van der Waals surface area contributed by atoms with Crippen LogP contribution in [-0.2, 0) is 6.42 Å². The van der Waals surface area contributed by atoms with Crippen LogP contribution in [0, 0.1) is 0 Å². The number of ether oxygens (including phenoxy) is 7. The molecule has 0 saturated carbocycles. The molecule has 8 aromatic carbocycles. The Bertz CT molecular complexity index is 2380. The molecule has 8 aliphatic rings. The minimum atomic E-state index is 0.360. The summed E-state index contributed by atoms with van der Waals surface area (Å²) < 4.78 is 36.4. The molecule has 0 unspecified atom stereocenters. The van der Waals surface area contributed by atoms with E-state index in [1.165, 1.54) is 38.9 Å². The van der Waals surface area contributed by atoms with Gasteiger partial charge in [0.25, 0.3) is 0 Å². The molecule has 16 rings (SSSR count). The minimum Gasteiger partial charge on any atom is -0.493 e. The lowest BCUT2D eigenvalue weighted by atomic mass is 10.2. The summed E-state index contributed by atoms with van der Waals surface area (Å²) in [4.78, 5) is 1.37. The minimum absolute atomic E-state index is 0.360. The second-order valence-electron chi connectivity index (χ2n) is 16.6. The fraction of sp³-hybridized carbons (Fsp3) is 0.360. The molecule has 14 nitrogen and oxygen atoms in total. The maximum Gasteiger partial charge on any atom is 0.231 e. The molecule has 8 aromatic rings. The van der Waals surface area contributed by atoms with Crippen LogP contribution in [0.4, 0.5) is 39.8 Å². The number of hydrogen-bond donors (Lipinski definition) is 7. The molecule has 15 heteroatoms. The Morgan fingerprint density at radius 3 is 0.989 bits per heavy atom. The molecular weight excluding hydrogens is 1140 g/mol. The van der Waals surface area contributed by atoms with Crippen LogP contribution < -0.4 is 70.4 Å². The van der Waals surface area contributed by atoms with E-state index in [4.69, 9.17) is 33.2 Å². The standard InChI is InChI=1S/C8H10N2.C8H8O2.C8H8O.C7H8N2.2C7H7NO.C7H7NS.C7H6O2.8C2H6/c2*1-2-4-8-7(3-1)9-5-6-10-8;1-2-4-8-7(3-1)5-6-9-8;5*1-2-4-7-6(3-1)8-5-9-7;8*1-2/h1-4,9-10H,5-6H2;1-4H,5-6H2;1-4H,5-6H2;1-4,8-9H,5H2;3*1-4,8H,5H2;1-4H,5H2;8*1-2H3. The van der Waals surface area contributed by atoms with Crippen molar-refractivity contribution >= 4 is 51.6 Å². The van der Waals surface area contributed by atoms with Crippen molar-refractivity contribution in [1.82, 2.24) is 0 Å². The quantitative estimate of drug-likeness (QED) is 0.0772. The van der Waals surface area contributed by atoms with Crippen LogP contribution in [0.5, 0.6) is 40.2 Å². The Morgan fingerprint density at radius 1 is 0.267 bits per heavy atom. The lowest BCUT2D eigenvalue weighted by Gasteiger charge is -2.18. The summed E-state index contributed by atoms with van der Waals surface area (Å²) in [5.74, 6) is 7.41. The van der Waals surface area contributed by atoms with E-state index in [9.17, 15) is 0 Å². The highest BCUT2D eigenvalue weighted by Crippen LogP contribution is 2.34. The van der Waals surface area contributed by atoms with Gasteiger partial charge in [0.15, 0.2) is 36.5 Å². The second kappa shape index (κ2) is 53.3. The largest absolute Gasteiger partial charge is 0.493 e. The number of hydrogen-bond acceptors (Lipinski definition) is 15. The molecule has 0 bridgehead atoms. The monoisotopic (exact) mass is 1250 g/mol. The van der Waals surface area contributed by atoms with E-state index < -0.39 is 0 Å². The summed E-state index contributed by atoms with van der Waals surface area (Å²) in [7, 11) is 0. The third kappa shape index (κ3) is 29.1. The van der Waals surface area contributed by atoms with Gasteiger partial charge >= 0.3 is 0 Å². The second-order valence-corrected chi connectivity index (χ2v) is 17.6. The molecule has 8 heterocycles. The van der Waals surface area contributed by atoms with Gasteiger partial charge in [-0.3, -0.25) is 0 Å². The molecule has 0 atom stereocenters. The van der Waals surface area contributed by atoms with Crippen molar-refractivity contribution in [3.63, 3.8) is 0 Å². The number of rotatable bonds is 0. The van der Waals surface area contributed by atoms with Gasteiger partial charge in [-0.1, -0.05) is 214 Å². The molecule has 7 N–H and O–H groups in total. The third-order valence-corrected chi connectivity index (χ3v) is 12.6. The van der Waals surface area contributed by atoms with E-state index >= 15 is 0 Å². The highest BCUT2D eigenvalue weighted by Gasteiger charge is 2.13. The first-order chi connectivity index (χ1) is 44.7. The van der Waals surface area contributed by atoms with Crippen molar-refractivity contribution in [2.45, 2.75) is 122 Å². The van der Waals surface area contributed by atoms with E-state index in [1.54, 1.807) is 0 Å². The normalized spacial score (nSPS) is 12.3. The Hall–Kier alpha value is -8.69. The molecule has 0 saturated heterocycles. The van der Waals surface area contributed by atoms with Crippen molar-refractivity contribution < 1.29 is 33.2 Å². The summed E-state index contributed by atoms with van der Waals surface area (Å²) in [5.41, 5.74) is 9.66. The van der Waals surface area contributed by atoms with Gasteiger partial charge in [-0.15, -0.1) is 11.8 Å². The number of fused-ring (bicyclic) bond motifs is 8. The highest BCUT2D eigenvalue weighted by molar-refractivity contribution is 7.99. The number of nitrogens with one attached hydrogen (secondary N) is 7. The summed E-state index contributed by atoms with van der Waals surface area (Å²) in [6, 6.07) is 64.1. The molecule has 0 fully saturated rings. The van der Waals surface area contributed by atoms with Crippen molar-refractivity contribution in [3.8, 4) is 40.2 Å². The predicted molar refractivity (Wildman–Crippen MR) is 390 cm³/mol. The van der Waals surface area contributed by atoms with Crippen molar-refractivity contribution in [3.05, 3.63) is 200 Å². The number of para-hydroxylation sites is 14. The Balaban J connectivity index is 0.000000498. The van der Waals surface area contributed by atoms with Crippen LogP contribution in [0.1, 0.15) is 116 Å². The van der Waals surface area contributed by atoms with Gasteiger partial charge < -0.3 is 70.4 Å². The van der Waals surface area contributed by atoms with E-state index in [0.717, 1.165) is 90.3 Å². The highest BCUT2D eigenvalue weighted by atomic mass is 32.2. The average molecular weight is 1250 g/mol. The van der Waals surface area contributed by atoms with Gasteiger partial charge in [0, 0.05) is 30.1 Å². The molecule has 0 amide bonds. The smallest absolute Gasteiger partial charge is 0.231 e. The first-order valence-electron chi connectivity index (χ1n) is 32.6. The zero-order valence-corrected chi connectivity index (χ0v) is 57.8. The number of thioether (sulfide) groups is 1. The van der Waals surface area contributed by atoms with Crippen LogP contribution >= 0.6 is 11.8 Å². The van der Waals surface area contributed by atoms with Crippen LogP contribution in [0.25, 0.3) is 0 Å². The average Bonchev–Trinajstić information content (AvgIpc) is 4.63. The molecule has 0 radical (unpaired) electrons. The van der Waals surface area contributed by atoms with Gasteiger partial charge in [0.2, 0.25) is 6.79 Å². The molecular formula is C75H109N7O7S. The van der Waals surface area contributed by atoms with Gasteiger partial charge in [-0.05, 0) is 96.6 Å². The summed E-state index contributed by atoms with van der Waals surface area (Å²) >= 11 is 1.86. The zero-order chi connectivity index (χ0) is 66.2. The van der Waals surface area contributed by atoms with Gasteiger partial charge in [0.05, 0.1) is 53.3 Å². The summed E-state index contributed by atoms with van der Waals surface area (Å²) in [6.45, 7) is 38.7. The molecule has 0 aromatic heterocycles. The van der Waals surface area contributed by atoms with E-state index in [1.807, 2.05) is 262 Å². The van der Waals surface area contributed by atoms with E-state index in [-0.39, 0.29) is 0 Å². The zero-order valence-electron chi connectivity index (χ0n) is 57.0.